The maximum Gasteiger partial charge on any atom is 0.274 e. The number of anilines is 1. The molecule has 0 saturated carbocycles. The normalized spacial score (nSPS) is 16.9. The molecule has 1 amide bonds. The number of rotatable bonds is 6. The fourth-order valence-corrected chi connectivity index (χ4v) is 3.27. The van der Waals surface area contributed by atoms with E-state index >= 15 is 0 Å². The van der Waals surface area contributed by atoms with E-state index in [1.54, 1.807) is 4.90 Å². The third-order valence-electron chi connectivity index (χ3n) is 4.92. The van der Waals surface area contributed by atoms with Crippen LogP contribution < -0.4 is 10.5 Å². The van der Waals surface area contributed by atoms with Crippen LogP contribution in [0.3, 0.4) is 0 Å². The second-order valence-corrected chi connectivity index (χ2v) is 7.20. The minimum atomic E-state index is -0.161. The van der Waals surface area contributed by atoms with Crippen LogP contribution >= 0.6 is 0 Å². The molecule has 2 aromatic heterocycles. The number of amides is 1. The molecule has 9 nitrogen and oxygen atoms in total. The van der Waals surface area contributed by atoms with Crippen LogP contribution in [0.15, 0.2) is 16.9 Å². The average Bonchev–Trinajstić information content (AvgIpc) is 3.30. The number of hydrogen-bond donors (Lipinski definition) is 2. The number of nitrogens with zero attached hydrogens (tertiary/aromatic N) is 5. The van der Waals surface area contributed by atoms with Crippen LogP contribution in [0.2, 0.25) is 0 Å². The lowest BCUT2D eigenvalue weighted by Gasteiger charge is -2.24. The molecular formula is C18H27N7O2. The minimum absolute atomic E-state index is 0.0361. The van der Waals surface area contributed by atoms with Crippen LogP contribution in [-0.2, 0) is 13.0 Å². The molecule has 0 bridgehead atoms. The largest absolute Gasteiger partial charge is 0.348 e. The van der Waals surface area contributed by atoms with Crippen LogP contribution in [0.25, 0.3) is 0 Å². The Kier molecular flexibility index (Phi) is 5.59. The zero-order valence-electron chi connectivity index (χ0n) is 16.3. The van der Waals surface area contributed by atoms with Crippen molar-refractivity contribution in [2.45, 2.75) is 32.4 Å². The fraction of sp³-hybridized carbons (Fsp3) is 0.556. The van der Waals surface area contributed by atoms with Crippen LogP contribution in [0.4, 0.5) is 5.95 Å². The van der Waals surface area contributed by atoms with Crippen LogP contribution in [0.5, 0.6) is 0 Å². The van der Waals surface area contributed by atoms with Crippen LogP contribution in [0.1, 0.15) is 35.2 Å². The topological polar surface area (TPSA) is 101 Å². The van der Waals surface area contributed by atoms with Gasteiger partial charge in [0, 0.05) is 51.5 Å². The molecule has 27 heavy (non-hydrogen) atoms. The number of carbonyl (C=O) groups is 1. The third-order valence-corrected chi connectivity index (χ3v) is 4.92. The Labute approximate surface area is 158 Å². The molecule has 0 aromatic carbocycles. The van der Waals surface area contributed by atoms with Gasteiger partial charge >= 0.3 is 0 Å². The van der Waals surface area contributed by atoms with E-state index in [1.165, 1.54) is 6.07 Å². The first-order chi connectivity index (χ1) is 12.9. The lowest BCUT2D eigenvalue weighted by atomic mass is 10.2. The quantitative estimate of drug-likeness (QED) is 0.763. The maximum absolute atomic E-state index is 12.6. The van der Waals surface area contributed by atoms with Crippen molar-refractivity contribution in [1.29, 1.82) is 0 Å². The fourth-order valence-electron chi connectivity index (χ4n) is 3.27. The molecule has 0 unspecified atom stereocenters. The van der Waals surface area contributed by atoms with Gasteiger partial charge in [0.2, 0.25) is 5.95 Å². The van der Waals surface area contributed by atoms with E-state index in [0.717, 1.165) is 24.2 Å². The van der Waals surface area contributed by atoms with Gasteiger partial charge in [-0.15, -0.1) is 0 Å². The van der Waals surface area contributed by atoms with E-state index in [4.69, 9.17) is 0 Å². The lowest BCUT2D eigenvalue weighted by molar-refractivity contribution is 0.0773. The van der Waals surface area contributed by atoms with Crippen molar-refractivity contribution in [2.75, 3.05) is 39.1 Å². The van der Waals surface area contributed by atoms with Gasteiger partial charge in [-0.1, -0.05) is 6.92 Å². The number of nitrogens with one attached hydrogen (secondary N) is 2. The highest BCUT2D eigenvalue weighted by Crippen LogP contribution is 2.18. The first kappa shape index (κ1) is 19.1. The van der Waals surface area contributed by atoms with Crippen molar-refractivity contribution < 1.29 is 4.79 Å². The van der Waals surface area contributed by atoms with Gasteiger partial charge in [-0.3, -0.25) is 24.6 Å². The van der Waals surface area contributed by atoms with Crippen molar-refractivity contribution in [3.8, 4) is 0 Å². The summed E-state index contributed by atoms with van der Waals surface area (Å²) in [5, 5.41) is 7.02. The molecule has 9 heteroatoms. The summed E-state index contributed by atoms with van der Waals surface area (Å²) in [4.78, 5) is 37.4. The van der Waals surface area contributed by atoms with E-state index in [0.29, 0.717) is 31.3 Å². The summed E-state index contributed by atoms with van der Waals surface area (Å²) in [6.07, 6.45) is 1.71. The molecule has 1 aliphatic heterocycles. The summed E-state index contributed by atoms with van der Waals surface area (Å²) in [5.41, 5.74) is 1.99. The molecule has 1 fully saturated rings. The van der Waals surface area contributed by atoms with Crippen molar-refractivity contribution >= 4 is 11.9 Å². The Balaban J connectivity index is 1.63. The summed E-state index contributed by atoms with van der Waals surface area (Å²) < 4.78 is 0. The van der Waals surface area contributed by atoms with Gasteiger partial charge < -0.3 is 9.80 Å². The van der Waals surface area contributed by atoms with E-state index in [2.05, 4.69) is 25.1 Å². The Bertz CT molecular complexity index is 857. The Morgan fingerprint density at radius 1 is 1.33 bits per heavy atom. The van der Waals surface area contributed by atoms with Crippen molar-refractivity contribution in [2.24, 2.45) is 0 Å². The summed E-state index contributed by atoms with van der Waals surface area (Å²) >= 11 is 0. The third kappa shape index (κ3) is 4.36. The van der Waals surface area contributed by atoms with E-state index in [-0.39, 0.29) is 17.5 Å². The molecule has 3 heterocycles. The molecule has 3 rings (SSSR count). The number of hydrogen-bond acceptors (Lipinski definition) is 6. The summed E-state index contributed by atoms with van der Waals surface area (Å²) in [5.74, 6) is 0.505. The molecule has 1 aliphatic rings. The summed E-state index contributed by atoms with van der Waals surface area (Å²) in [7, 11) is 5.68. The van der Waals surface area contributed by atoms with E-state index in [1.807, 2.05) is 39.0 Å². The molecular weight excluding hydrogens is 346 g/mol. The zero-order chi connectivity index (χ0) is 19.6. The highest BCUT2D eigenvalue weighted by Gasteiger charge is 2.30. The smallest absolute Gasteiger partial charge is 0.274 e. The highest BCUT2D eigenvalue weighted by molar-refractivity contribution is 5.92. The lowest BCUT2D eigenvalue weighted by Crippen LogP contribution is -2.36. The molecule has 0 radical (unpaired) electrons. The number of H-pyrrole nitrogens is 2. The number of likely N-dealkylation sites (tertiary alicyclic amines) is 1. The van der Waals surface area contributed by atoms with Gasteiger partial charge in [0.05, 0.1) is 5.69 Å². The zero-order valence-corrected chi connectivity index (χ0v) is 16.3. The standard InChI is InChI=1S/C18H27N7O2/c1-5-12-8-15(22-21-12)17(27)25-7-6-14(11-25)24(4)10-13-9-16(26)20-18(19-13)23(2)3/h8-9,14H,5-7,10-11H2,1-4H3,(H,21,22)(H,19,20,26)/t14-/m0/s1. The second kappa shape index (κ2) is 7.91. The first-order valence-electron chi connectivity index (χ1n) is 9.18. The van der Waals surface area contributed by atoms with Crippen molar-refractivity contribution in [3.05, 3.63) is 39.6 Å². The number of carbonyl (C=O) groups excluding carboxylic acids is 1. The SMILES string of the molecule is CCc1cc(C(=O)N2CC[C@H](N(C)Cc3cc(=O)[nH]c(N(C)C)n3)C2)n[nH]1. The predicted molar refractivity (Wildman–Crippen MR) is 103 cm³/mol. The minimum Gasteiger partial charge on any atom is -0.348 e. The van der Waals surface area contributed by atoms with Crippen molar-refractivity contribution in [1.82, 2.24) is 30.0 Å². The van der Waals surface area contributed by atoms with Gasteiger partial charge in [-0.25, -0.2) is 4.98 Å². The molecule has 2 N–H and O–H groups in total. The number of aryl methyl sites for hydroxylation is 1. The molecule has 0 aliphatic carbocycles. The van der Waals surface area contributed by atoms with Gasteiger partial charge in [-0.05, 0) is 26.0 Å². The molecule has 2 aromatic rings. The maximum atomic E-state index is 12.6. The molecule has 1 saturated heterocycles. The predicted octanol–water partition coefficient (Wildman–Crippen LogP) is 0.468. The van der Waals surface area contributed by atoms with E-state index in [9.17, 15) is 9.59 Å². The first-order valence-corrected chi connectivity index (χ1v) is 9.18. The summed E-state index contributed by atoms with van der Waals surface area (Å²) in [6.45, 7) is 3.92. The van der Waals surface area contributed by atoms with E-state index < -0.39 is 0 Å². The van der Waals surface area contributed by atoms with Crippen LogP contribution in [-0.4, -0.2) is 76.1 Å². The monoisotopic (exact) mass is 373 g/mol. The van der Waals surface area contributed by atoms with Gasteiger partial charge in [0.15, 0.2) is 0 Å². The summed E-state index contributed by atoms with van der Waals surface area (Å²) in [6, 6.07) is 3.57. The number of aromatic nitrogens is 4. The molecule has 0 spiro atoms. The second-order valence-electron chi connectivity index (χ2n) is 7.20. The molecule has 1 atom stereocenters. The number of aromatic amines is 2. The van der Waals surface area contributed by atoms with Gasteiger partial charge in [-0.2, -0.15) is 5.10 Å². The molecule has 146 valence electrons. The van der Waals surface area contributed by atoms with Gasteiger partial charge in [0.25, 0.3) is 11.5 Å². The average molecular weight is 373 g/mol. The Hall–Kier alpha value is -2.68. The van der Waals surface area contributed by atoms with Crippen molar-refractivity contribution in [3.63, 3.8) is 0 Å². The highest BCUT2D eigenvalue weighted by atomic mass is 16.2. The Morgan fingerprint density at radius 3 is 2.78 bits per heavy atom. The number of likely N-dealkylation sites (N-methyl/N-ethyl adjacent to an activating group) is 1. The van der Waals surface area contributed by atoms with Crippen LogP contribution in [0, 0.1) is 0 Å². The Morgan fingerprint density at radius 2 is 2.11 bits per heavy atom. The van der Waals surface area contributed by atoms with Gasteiger partial charge in [0.1, 0.15) is 5.69 Å².